The molecule has 18 heavy (non-hydrogen) atoms. The summed E-state index contributed by atoms with van der Waals surface area (Å²) in [5.74, 6) is -0.865. The Morgan fingerprint density at radius 1 is 1.50 bits per heavy atom. The summed E-state index contributed by atoms with van der Waals surface area (Å²) in [5, 5.41) is 5.55. The van der Waals surface area contributed by atoms with Crippen LogP contribution in [0.4, 0.5) is 0 Å². The van der Waals surface area contributed by atoms with E-state index in [0.29, 0.717) is 4.91 Å². The maximum atomic E-state index is 11.7. The Bertz CT molecular complexity index is 395. The van der Waals surface area contributed by atoms with E-state index < -0.39 is 0 Å². The molecule has 0 saturated carbocycles. The van der Waals surface area contributed by atoms with Gasteiger partial charge in [-0.3, -0.25) is 19.3 Å². The zero-order valence-corrected chi connectivity index (χ0v) is 11.5. The van der Waals surface area contributed by atoms with Crippen molar-refractivity contribution in [3.05, 3.63) is 11.0 Å². The van der Waals surface area contributed by atoms with Gasteiger partial charge in [0.2, 0.25) is 5.91 Å². The third-order valence-electron chi connectivity index (χ3n) is 2.57. The van der Waals surface area contributed by atoms with Crippen LogP contribution in [0.2, 0.25) is 0 Å². The van der Waals surface area contributed by atoms with Crippen LogP contribution >= 0.6 is 11.8 Å². The van der Waals surface area contributed by atoms with Crippen molar-refractivity contribution in [2.75, 3.05) is 19.8 Å². The van der Waals surface area contributed by atoms with Crippen molar-refractivity contribution in [1.82, 2.24) is 15.5 Å². The van der Waals surface area contributed by atoms with E-state index in [1.807, 2.05) is 0 Å². The van der Waals surface area contributed by atoms with E-state index in [4.69, 9.17) is 0 Å². The molecule has 100 valence electrons. The number of rotatable bonds is 6. The Balaban J connectivity index is 2.44. The largest absolute Gasteiger partial charge is 0.341 e. The molecule has 1 heterocycles. The molecule has 1 atom stereocenters. The first kappa shape index (κ1) is 14.7. The molecule has 3 amide bonds. The topological polar surface area (TPSA) is 78.5 Å². The number of hydrogen-bond acceptors (Lipinski definition) is 5. The second kappa shape index (κ2) is 6.55. The molecule has 0 aromatic heterocycles. The van der Waals surface area contributed by atoms with Gasteiger partial charge in [-0.1, -0.05) is 0 Å². The summed E-state index contributed by atoms with van der Waals surface area (Å²) >= 11 is 1.24. The van der Waals surface area contributed by atoms with Gasteiger partial charge in [0.05, 0.1) is 11.1 Å². The summed E-state index contributed by atoms with van der Waals surface area (Å²) in [7, 11) is 1.73. The highest BCUT2D eigenvalue weighted by Crippen LogP contribution is 2.21. The molecule has 0 spiro atoms. The lowest BCUT2D eigenvalue weighted by Crippen LogP contribution is -2.43. The average Bonchev–Trinajstić information content (AvgIpc) is 2.61. The lowest BCUT2D eigenvalue weighted by atomic mass is 10.3. The highest BCUT2D eigenvalue weighted by atomic mass is 32.2. The van der Waals surface area contributed by atoms with Crippen molar-refractivity contribution in [2.24, 2.45) is 0 Å². The summed E-state index contributed by atoms with van der Waals surface area (Å²) in [6.45, 7) is 1.91. The second-order valence-electron chi connectivity index (χ2n) is 3.84. The van der Waals surface area contributed by atoms with Gasteiger partial charge in [0.1, 0.15) is 0 Å². The number of carbonyl (C=O) groups excluding carboxylic acids is 3. The first-order valence-electron chi connectivity index (χ1n) is 5.57. The van der Waals surface area contributed by atoms with E-state index in [-0.39, 0.29) is 36.9 Å². The van der Waals surface area contributed by atoms with Crippen LogP contribution in [0, 0.1) is 0 Å². The molecule has 0 aliphatic carbocycles. The maximum Gasteiger partial charge on any atom is 0.267 e. The molecule has 0 radical (unpaired) electrons. The van der Waals surface area contributed by atoms with Crippen LogP contribution in [0.25, 0.3) is 0 Å². The Hall–Kier alpha value is -1.34. The predicted molar refractivity (Wildman–Crippen MR) is 69.6 cm³/mol. The summed E-state index contributed by atoms with van der Waals surface area (Å²) in [6.07, 6.45) is 3.02. The molecular formula is C11H17N3O3S. The zero-order chi connectivity index (χ0) is 13.7. The van der Waals surface area contributed by atoms with Crippen LogP contribution < -0.4 is 10.6 Å². The zero-order valence-electron chi connectivity index (χ0n) is 10.6. The molecule has 0 fully saturated rings. The van der Waals surface area contributed by atoms with Gasteiger partial charge in [-0.15, -0.1) is 11.8 Å². The van der Waals surface area contributed by atoms with Crippen LogP contribution in [0.5, 0.6) is 0 Å². The molecule has 0 aromatic rings. The molecule has 0 bridgehead atoms. The summed E-state index contributed by atoms with van der Waals surface area (Å²) in [6, 6.07) is 0. The van der Waals surface area contributed by atoms with E-state index in [1.54, 1.807) is 20.2 Å². The van der Waals surface area contributed by atoms with Crippen molar-refractivity contribution in [2.45, 2.75) is 19.5 Å². The number of hydrogen-bond donors (Lipinski definition) is 2. The molecule has 0 aromatic carbocycles. The van der Waals surface area contributed by atoms with Crippen molar-refractivity contribution < 1.29 is 14.4 Å². The number of nitrogens with one attached hydrogen (secondary N) is 2. The second-order valence-corrected chi connectivity index (χ2v) is 4.68. The number of amides is 3. The molecule has 0 saturated heterocycles. The SMILES string of the molecule is CNC(C)NC(=O)CCN1C(=O)C=C(SC)C1=O. The van der Waals surface area contributed by atoms with E-state index in [1.165, 1.54) is 17.8 Å². The number of nitrogens with zero attached hydrogens (tertiary/aromatic N) is 1. The maximum absolute atomic E-state index is 11.7. The third kappa shape index (κ3) is 3.58. The first-order valence-corrected chi connectivity index (χ1v) is 6.80. The minimum Gasteiger partial charge on any atom is -0.341 e. The fourth-order valence-electron chi connectivity index (χ4n) is 1.44. The Morgan fingerprint density at radius 2 is 2.17 bits per heavy atom. The van der Waals surface area contributed by atoms with Crippen LogP contribution in [0.1, 0.15) is 13.3 Å². The predicted octanol–water partition coefficient (Wildman–Crippen LogP) is -0.326. The van der Waals surface area contributed by atoms with Crippen LogP contribution in [-0.4, -0.2) is 48.6 Å². The van der Waals surface area contributed by atoms with Crippen LogP contribution in [0.15, 0.2) is 11.0 Å². The molecule has 1 unspecified atom stereocenters. The standard InChI is InChI=1S/C11H17N3O3S/c1-7(12-2)13-9(15)4-5-14-10(16)6-8(18-3)11(14)17/h6-7,12H,4-5H2,1-3H3,(H,13,15). The highest BCUT2D eigenvalue weighted by molar-refractivity contribution is 8.03. The van der Waals surface area contributed by atoms with Gasteiger partial charge in [0.25, 0.3) is 11.8 Å². The number of carbonyl (C=O) groups is 3. The molecule has 2 N–H and O–H groups in total. The highest BCUT2D eigenvalue weighted by Gasteiger charge is 2.30. The summed E-state index contributed by atoms with van der Waals surface area (Å²) < 4.78 is 0. The molecule has 6 nitrogen and oxygen atoms in total. The van der Waals surface area contributed by atoms with Gasteiger partial charge in [-0.2, -0.15) is 0 Å². The quantitative estimate of drug-likeness (QED) is 0.511. The molecule has 1 aliphatic rings. The fraction of sp³-hybridized carbons (Fsp3) is 0.545. The third-order valence-corrected chi connectivity index (χ3v) is 3.30. The minimum absolute atomic E-state index is 0.110. The monoisotopic (exact) mass is 271 g/mol. The number of imide groups is 1. The summed E-state index contributed by atoms with van der Waals surface area (Å²) in [4.78, 5) is 36.2. The van der Waals surface area contributed by atoms with Crippen molar-refractivity contribution in [1.29, 1.82) is 0 Å². The van der Waals surface area contributed by atoms with Crippen molar-refractivity contribution >= 4 is 29.5 Å². The lowest BCUT2D eigenvalue weighted by Gasteiger charge is -2.16. The normalized spacial score (nSPS) is 16.8. The fourth-order valence-corrected chi connectivity index (χ4v) is 1.95. The van der Waals surface area contributed by atoms with Crippen molar-refractivity contribution in [3.8, 4) is 0 Å². The minimum atomic E-state index is -0.348. The van der Waals surface area contributed by atoms with E-state index in [9.17, 15) is 14.4 Å². The lowest BCUT2D eigenvalue weighted by molar-refractivity contribution is -0.137. The van der Waals surface area contributed by atoms with E-state index in [2.05, 4.69) is 10.6 Å². The van der Waals surface area contributed by atoms with Gasteiger partial charge in [-0.05, 0) is 20.2 Å². The van der Waals surface area contributed by atoms with Gasteiger partial charge in [-0.25, -0.2) is 0 Å². The van der Waals surface area contributed by atoms with Gasteiger partial charge < -0.3 is 10.6 Å². The van der Waals surface area contributed by atoms with Gasteiger partial charge in [0.15, 0.2) is 0 Å². The Morgan fingerprint density at radius 3 is 2.67 bits per heavy atom. The van der Waals surface area contributed by atoms with Crippen LogP contribution in [0.3, 0.4) is 0 Å². The van der Waals surface area contributed by atoms with Crippen molar-refractivity contribution in [3.63, 3.8) is 0 Å². The smallest absolute Gasteiger partial charge is 0.267 e. The molecule has 7 heteroatoms. The van der Waals surface area contributed by atoms with Gasteiger partial charge in [0, 0.05) is 19.0 Å². The van der Waals surface area contributed by atoms with Crippen LogP contribution in [-0.2, 0) is 14.4 Å². The molecule has 1 aliphatic heterocycles. The Kier molecular flexibility index (Phi) is 5.36. The molecular weight excluding hydrogens is 254 g/mol. The Labute approximate surface area is 110 Å². The van der Waals surface area contributed by atoms with E-state index in [0.717, 1.165) is 4.90 Å². The average molecular weight is 271 g/mol. The first-order chi connectivity index (χ1) is 8.49. The molecule has 1 rings (SSSR count). The summed E-state index contributed by atoms with van der Waals surface area (Å²) in [5.41, 5.74) is 0. The number of thioether (sulfide) groups is 1. The van der Waals surface area contributed by atoms with Gasteiger partial charge >= 0.3 is 0 Å². The van der Waals surface area contributed by atoms with E-state index >= 15 is 0 Å².